The van der Waals surface area contributed by atoms with Gasteiger partial charge in [0.25, 0.3) is 5.91 Å². The summed E-state index contributed by atoms with van der Waals surface area (Å²) in [6, 6.07) is 10.5. The SMILES string of the molecule is O=C(Nc1ccc(Br)c(Cl)c1)c1cccc(F)c1. The number of rotatable bonds is 2. The Morgan fingerprint density at radius 3 is 2.67 bits per heavy atom. The van der Waals surface area contributed by atoms with Crippen molar-refractivity contribution in [3.63, 3.8) is 0 Å². The number of anilines is 1. The zero-order valence-corrected chi connectivity index (χ0v) is 11.4. The van der Waals surface area contributed by atoms with Crippen LogP contribution in [0.2, 0.25) is 5.02 Å². The summed E-state index contributed by atoms with van der Waals surface area (Å²) in [5.41, 5.74) is 0.812. The number of halogens is 3. The first-order chi connectivity index (χ1) is 8.56. The summed E-state index contributed by atoms with van der Waals surface area (Å²) in [6.45, 7) is 0. The molecule has 0 aromatic heterocycles. The smallest absolute Gasteiger partial charge is 0.255 e. The van der Waals surface area contributed by atoms with Crippen molar-refractivity contribution >= 4 is 39.1 Å². The second-order valence-corrected chi connectivity index (χ2v) is 4.85. The van der Waals surface area contributed by atoms with Crippen molar-refractivity contribution in [3.05, 3.63) is 63.3 Å². The minimum Gasteiger partial charge on any atom is -0.322 e. The molecule has 0 aliphatic rings. The van der Waals surface area contributed by atoms with Crippen LogP contribution in [-0.2, 0) is 0 Å². The number of hydrogen-bond donors (Lipinski definition) is 1. The van der Waals surface area contributed by atoms with Crippen LogP contribution in [-0.4, -0.2) is 5.91 Å². The molecule has 0 spiro atoms. The lowest BCUT2D eigenvalue weighted by Gasteiger charge is -2.06. The van der Waals surface area contributed by atoms with E-state index in [1.165, 1.54) is 18.2 Å². The summed E-state index contributed by atoms with van der Waals surface area (Å²) in [5, 5.41) is 3.14. The van der Waals surface area contributed by atoms with Crippen molar-refractivity contribution in [1.82, 2.24) is 0 Å². The van der Waals surface area contributed by atoms with Crippen molar-refractivity contribution < 1.29 is 9.18 Å². The lowest BCUT2D eigenvalue weighted by molar-refractivity contribution is 0.102. The van der Waals surface area contributed by atoms with Crippen molar-refractivity contribution in [3.8, 4) is 0 Å². The number of carbonyl (C=O) groups is 1. The molecule has 92 valence electrons. The summed E-state index contributed by atoms with van der Waals surface area (Å²) < 4.78 is 13.7. The van der Waals surface area contributed by atoms with E-state index in [4.69, 9.17) is 11.6 Å². The average molecular weight is 329 g/mol. The van der Waals surface area contributed by atoms with Crippen LogP contribution in [0.15, 0.2) is 46.9 Å². The highest BCUT2D eigenvalue weighted by Crippen LogP contribution is 2.25. The second kappa shape index (κ2) is 5.50. The average Bonchev–Trinajstić information content (AvgIpc) is 2.34. The predicted octanol–water partition coefficient (Wildman–Crippen LogP) is 4.49. The Balaban J connectivity index is 2.18. The highest BCUT2D eigenvalue weighted by molar-refractivity contribution is 9.10. The van der Waals surface area contributed by atoms with E-state index >= 15 is 0 Å². The third kappa shape index (κ3) is 3.09. The van der Waals surface area contributed by atoms with Gasteiger partial charge in [-0.1, -0.05) is 17.7 Å². The van der Waals surface area contributed by atoms with Crippen LogP contribution in [0.3, 0.4) is 0 Å². The standard InChI is InChI=1S/C13H8BrClFNO/c14-11-5-4-10(7-12(11)15)17-13(18)8-2-1-3-9(16)6-8/h1-7H,(H,17,18). The molecule has 0 aliphatic heterocycles. The Labute approximate surface area is 117 Å². The maximum absolute atomic E-state index is 13.0. The first-order valence-electron chi connectivity index (χ1n) is 5.08. The molecule has 2 aromatic carbocycles. The van der Waals surface area contributed by atoms with Gasteiger partial charge in [0.15, 0.2) is 0 Å². The van der Waals surface area contributed by atoms with Crippen LogP contribution in [0.25, 0.3) is 0 Å². The molecular weight excluding hydrogens is 321 g/mol. The van der Waals surface area contributed by atoms with Gasteiger partial charge in [-0.2, -0.15) is 0 Å². The van der Waals surface area contributed by atoms with E-state index in [9.17, 15) is 9.18 Å². The zero-order valence-electron chi connectivity index (χ0n) is 9.08. The largest absolute Gasteiger partial charge is 0.322 e. The lowest BCUT2D eigenvalue weighted by Crippen LogP contribution is -2.11. The Kier molecular flexibility index (Phi) is 3.99. The summed E-state index contributed by atoms with van der Waals surface area (Å²) >= 11 is 9.17. The summed E-state index contributed by atoms with van der Waals surface area (Å²) in [6.07, 6.45) is 0. The normalized spacial score (nSPS) is 10.2. The van der Waals surface area contributed by atoms with Crippen LogP contribution in [0.4, 0.5) is 10.1 Å². The Bertz CT molecular complexity index is 603. The fourth-order valence-corrected chi connectivity index (χ4v) is 1.83. The summed E-state index contributed by atoms with van der Waals surface area (Å²) in [4.78, 5) is 11.8. The van der Waals surface area contributed by atoms with Crippen molar-refractivity contribution in [2.45, 2.75) is 0 Å². The molecule has 1 amide bonds. The van der Waals surface area contributed by atoms with Crippen molar-refractivity contribution in [2.75, 3.05) is 5.32 Å². The van der Waals surface area contributed by atoms with Gasteiger partial charge in [0.05, 0.1) is 5.02 Å². The van der Waals surface area contributed by atoms with E-state index in [1.807, 2.05) is 0 Å². The Morgan fingerprint density at radius 2 is 2.00 bits per heavy atom. The van der Waals surface area contributed by atoms with Crippen LogP contribution in [0.1, 0.15) is 10.4 Å². The Hall–Kier alpha value is -1.39. The third-order valence-electron chi connectivity index (χ3n) is 2.26. The molecule has 0 radical (unpaired) electrons. The van der Waals surface area contributed by atoms with E-state index in [-0.39, 0.29) is 11.5 Å². The van der Waals surface area contributed by atoms with E-state index in [2.05, 4.69) is 21.2 Å². The monoisotopic (exact) mass is 327 g/mol. The molecule has 0 heterocycles. The Morgan fingerprint density at radius 1 is 1.22 bits per heavy atom. The predicted molar refractivity (Wildman–Crippen MR) is 73.5 cm³/mol. The highest BCUT2D eigenvalue weighted by atomic mass is 79.9. The summed E-state index contributed by atoms with van der Waals surface area (Å²) in [5.74, 6) is -0.829. The van der Waals surface area contributed by atoms with E-state index < -0.39 is 5.82 Å². The second-order valence-electron chi connectivity index (χ2n) is 3.59. The number of carbonyl (C=O) groups excluding carboxylic acids is 1. The van der Waals surface area contributed by atoms with E-state index in [0.717, 1.165) is 4.47 Å². The molecule has 0 unspecified atom stereocenters. The van der Waals surface area contributed by atoms with Crippen LogP contribution in [0, 0.1) is 5.82 Å². The first kappa shape index (κ1) is 13.1. The lowest BCUT2D eigenvalue weighted by atomic mass is 10.2. The number of nitrogens with one attached hydrogen (secondary N) is 1. The molecule has 0 bridgehead atoms. The maximum Gasteiger partial charge on any atom is 0.255 e. The van der Waals surface area contributed by atoms with Crippen LogP contribution < -0.4 is 5.32 Å². The highest BCUT2D eigenvalue weighted by Gasteiger charge is 2.07. The van der Waals surface area contributed by atoms with Gasteiger partial charge < -0.3 is 5.32 Å². The number of amides is 1. The molecule has 1 N–H and O–H groups in total. The van der Waals surface area contributed by atoms with Gasteiger partial charge >= 0.3 is 0 Å². The first-order valence-corrected chi connectivity index (χ1v) is 6.25. The van der Waals surface area contributed by atoms with Gasteiger partial charge in [0, 0.05) is 15.7 Å². The molecule has 0 aliphatic carbocycles. The van der Waals surface area contributed by atoms with Crippen molar-refractivity contribution in [1.29, 1.82) is 0 Å². The van der Waals surface area contributed by atoms with Gasteiger partial charge in [-0.15, -0.1) is 0 Å². The molecule has 2 rings (SSSR count). The fraction of sp³-hybridized carbons (Fsp3) is 0. The third-order valence-corrected chi connectivity index (χ3v) is 3.50. The molecule has 5 heteroatoms. The van der Waals surface area contributed by atoms with Gasteiger partial charge in [-0.3, -0.25) is 4.79 Å². The van der Waals surface area contributed by atoms with Gasteiger partial charge in [0.2, 0.25) is 0 Å². The fourth-order valence-electron chi connectivity index (χ4n) is 1.41. The minimum absolute atomic E-state index is 0.258. The maximum atomic E-state index is 13.0. The molecule has 0 atom stereocenters. The zero-order chi connectivity index (χ0) is 13.1. The molecule has 2 aromatic rings. The van der Waals surface area contributed by atoms with Crippen molar-refractivity contribution in [2.24, 2.45) is 0 Å². The van der Waals surface area contributed by atoms with Crippen LogP contribution in [0.5, 0.6) is 0 Å². The number of hydrogen-bond acceptors (Lipinski definition) is 1. The minimum atomic E-state index is -0.448. The number of benzene rings is 2. The van der Waals surface area contributed by atoms with Crippen LogP contribution >= 0.6 is 27.5 Å². The molecular formula is C13H8BrClFNO. The molecule has 2 nitrogen and oxygen atoms in total. The topological polar surface area (TPSA) is 29.1 Å². The molecule has 0 saturated heterocycles. The molecule has 0 saturated carbocycles. The van der Waals surface area contributed by atoms with Gasteiger partial charge in [0.1, 0.15) is 5.82 Å². The molecule has 18 heavy (non-hydrogen) atoms. The molecule has 0 fully saturated rings. The summed E-state index contributed by atoms with van der Waals surface area (Å²) in [7, 11) is 0. The van der Waals surface area contributed by atoms with E-state index in [1.54, 1.807) is 24.3 Å². The van der Waals surface area contributed by atoms with Gasteiger partial charge in [-0.05, 0) is 52.3 Å². The quantitative estimate of drug-likeness (QED) is 0.864. The van der Waals surface area contributed by atoms with Gasteiger partial charge in [-0.25, -0.2) is 4.39 Å². The van der Waals surface area contributed by atoms with E-state index in [0.29, 0.717) is 10.7 Å².